The summed E-state index contributed by atoms with van der Waals surface area (Å²) in [7, 11) is 0. The van der Waals surface area contributed by atoms with Gasteiger partial charge in [-0.2, -0.15) is 0 Å². The third-order valence-electron chi connectivity index (χ3n) is 6.78. The first-order chi connectivity index (χ1) is 16.4. The topological polar surface area (TPSA) is 155 Å². The maximum absolute atomic E-state index is 11.6. The summed E-state index contributed by atoms with van der Waals surface area (Å²) in [5.41, 5.74) is 1.59. The number of β-amino-alcohol motifs (C(OH)–C–C–N with tert-alkyl or cyclic N) is 1. The lowest BCUT2D eigenvalue weighted by Crippen LogP contribution is -2.62. The number of nitrogens with zero attached hydrogens (tertiary/aromatic N) is 3. The molecular weight excluding hydrogens is 442 g/mol. The SMILES string of the molecule is O=[N+]([O-])c1cc(CN2CCNCC2)ccc1NCCCCCCN1C[C@H](O)[C@@H](O)[C@H](O)[C@H]1CO. The minimum Gasteiger partial charge on any atom is -0.395 e. The van der Waals surface area contributed by atoms with Gasteiger partial charge in [0.15, 0.2) is 0 Å². The van der Waals surface area contributed by atoms with Crippen LogP contribution in [0.25, 0.3) is 0 Å². The van der Waals surface area contributed by atoms with Crippen LogP contribution in [-0.4, -0.2) is 112 Å². The molecule has 0 amide bonds. The summed E-state index contributed by atoms with van der Waals surface area (Å²) in [6, 6.07) is 4.84. The van der Waals surface area contributed by atoms with E-state index in [0.29, 0.717) is 25.3 Å². The third kappa shape index (κ3) is 7.32. The zero-order valence-electron chi connectivity index (χ0n) is 19.7. The molecule has 6 N–H and O–H groups in total. The molecule has 0 aromatic heterocycles. The van der Waals surface area contributed by atoms with Crippen LogP contribution in [0.2, 0.25) is 0 Å². The van der Waals surface area contributed by atoms with E-state index in [0.717, 1.165) is 57.4 Å². The molecule has 2 fully saturated rings. The molecule has 2 aliphatic rings. The molecule has 3 rings (SSSR count). The number of rotatable bonds is 12. The van der Waals surface area contributed by atoms with Gasteiger partial charge in [-0.05, 0) is 31.0 Å². The Labute approximate surface area is 200 Å². The van der Waals surface area contributed by atoms with Crippen molar-refractivity contribution in [2.75, 3.05) is 57.7 Å². The van der Waals surface area contributed by atoms with E-state index < -0.39 is 24.4 Å². The molecule has 1 aromatic carbocycles. The number of nitrogens with one attached hydrogen (secondary N) is 2. The maximum Gasteiger partial charge on any atom is 0.292 e. The molecule has 0 saturated carbocycles. The average Bonchev–Trinajstić information content (AvgIpc) is 2.83. The summed E-state index contributed by atoms with van der Waals surface area (Å²) in [6.07, 6.45) is 0.0852. The van der Waals surface area contributed by atoms with Crippen molar-refractivity contribution < 1.29 is 25.3 Å². The number of hydrogen-bond donors (Lipinski definition) is 6. The Balaban J connectivity index is 1.38. The van der Waals surface area contributed by atoms with Crippen LogP contribution in [0.5, 0.6) is 0 Å². The molecule has 0 unspecified atom stereocenters. The van der Waals surface area contributed by atoms with Crippen molar-refractivity contribution in [1.29, 1.82) is 0 Å². The fourth-order valence-electron chi connectivity index (χ4n) is 4.76. The molecule has 11 heteroatoms. The molecule has 0 bridgehead atoms. The largest absolute Gasteiger partial charge is 0.395 e. The minimum atomic E-state index is -1.24. The number of nitro groups is 1. The Morgan fingerprint density at radius 3 is 2.53 bits per heavy atom. The molecule has 2 saturated heterocycles. The van der Waals surface area contributed by atoms with Crippen LogP contribution in [0.3, 0.4) is 0 Å². The summed E-state index contributed by atoms with van der Waals surface area (Å²) in [4.78, 5) is 15.4. The predicted molar refractivity (Wildman–Crippen MR) is 129 cm³/mol. The van der Waals surface area contributed by atoms with Gasteiger partial charge in [-0.3, -0.25) is 19.9 Å². The van der Waals surface area contributed by atoms with Gasteiger partial charge in [-0.1, -0.05) is 18.9 Å². The lowest BCUT2D eigenvalue weighted by atomic mass is 9.94. The van der Waals surface area contributed by atoms with E-state index in [4.69, 9.17) is 0 Å². The molecule has 1 aromatic rings. The van der Waals surface area contributed by atoms with Gasteiger partial charge in [0.1, 0.15) is 17.9 Å². The number of benzene rings is 1. The van der Waals surface area contributed by atoms with Crippen LogP contribution in [0.4, 0.5) is 11.4 Å². The van der Waals surface area contributed by atoms with Gasteiger partial charge in [-0.25, -0.2) is 0 Å². The van der Waals surface area contributed by atoms with Crippen molar-refractivity contribution in [3.63, 3.8) is 0 Å². The van der Waals surface area contributed by atoms with Gasteiger partial charge in [-0.15, -0.1) is 0 Å². The van der Waals surface area contributed by atoms with Crippen LogP contribution < -0.4 is 10.6 Å². The maximum atomic E-state index is 11.6. The Morgan fingerprint density at radius 2 is 1.82 bits per heavy atom. The quantitative estimate of drug-likeness (QED) is 0.134. The smallest absolute Gasteiger partial charge is 0.292 e. The molecule has 4 atom stereocenters. The Kier molecular flexibility index (Phi) is 10.5. The van der Waals surface area contributed by atoms with Crippen molar-refractivity contribution in [3.05, 3.63) is 33.9 Å². The Hall–Kier alpha value is -1.86. The number of hydrogen-bond acceptors (Lipinski definition) is 10. The van der Waals surface area contributed by atoms with Gasteiger partial charge in [0.2, 0.25) is 0 Å². The van der Waals surface area contributed by atoms with Gasteiger partial charge in [0.05, 0.1) is 23.7 Å². The highest BCUT2D eigenvalue weighted by atomic mass is 16.6. The summed E-state index contributed by atoms with van der Waals surface area (Å²) in [5, 5.41) is 57.3. The predicted octanol–water partition coefficient (Wildman–Crippen LogP) is -0.268. The van der Waals surface area contributed by atoms with Crippen molar-refractivity contribution in [1.82, 2.24) is 15.1 Å². The van der Waals surface area contributed by atoms with Gasteiger partial charge < -0.3 is 31.1 Å². The van der Waals surface area contributed by atoms with Crippen molar-refractivity contribution >= 4 is 11.4 Å². The van der Waals surface area contributed by atoms with Crippen LogP contribution in [-0.2, 0) is 6.54 Å². The summed E-state index contributed by atoms with van der Waals surface area (Å²) in [5.74, 6) is 0. The van der Waals surface area contributed by atoms with Crippen molar-refractivity contribution in [2.24, 2.45) is 0 Å². The molecule has 2 heterocycles. The second kappa shape index (κ2) is 13.3. The summed E-state index contributed by atoms with van der Waals surface area (Å²) >= 11 is 0. The Morgan fingerprint density at radius 1 is 1.09 bits per heavy atom. The molecule has 11 nitrogen and oxygen atoms in total. The van der Waals surface area contributed by atoms with Crippen LogP contribution in [0.1, 0.15) is 31.2 Å². The minimum absolute atomic E-state index is 0.104. The van der Waals surface area contributed by atoms with E-state index in [9.17, 15) is 30.5 Å². The zero-order chi connectivity index (χ0) is 24.5. The lowest BCUT2D eigenvalue weighted by molar-refractivity contribution is -0.384. The standard InChI is InChI=1S/C23H39N5O6/c29-16-20-22(31)23(32)21(30)15-27(20)10-4-2-1-3-7-25-18-6-5-17(13-19(18)28(33)34)14-26-11-8-24-9-12-26/h5-6,13,20-25,29-32H,1-4,7-12,14-16H2/t20-,21+,22-,23-/m1/s1. The highest BCUT2D eigenvalue weighted by Crippen LogP contribution is 2.26. The van der Waals surface area contributed by atoms with Crippen LogP contribution in [0, 0.1) is 10.1 Å². The number of anilines is 1. The lowest BCUT2D eigenvalue weighted by Gasteiger charge is -2.43. The van der Waals surface area contributed by atoms with E-state index >= 15 is 0 Å². The van der Waals surface area contributed by atoms with E-state index in [2.05, 4.69) is 15.5 Å². The number of unbranched alkanes of at least 4 members (excludes halogenated alkanes) is 3. The third-order valence-corrected chi connectivity index (χ3v) is 6.78. The van der Waals surface area contributed by atoms with E-state index in [1.165, 1.54) is 0 Å². The zero-order valence-corrected chi connectivity index (χ0v) is 19.7. The second-order valence-corrected chi connectivity index (χ2v) is 9.27. The average molecular weight is 482 g/mol. The highest BCUT2D eigenvalue weighted by molar-refractivity contribution is 5.62. The molecule has 0 radical (unpaired) electrons. The fourth-order valence-corrected chi connectivity index (χ4v) is 4.76. The van der Waals surface area contributed by atoms with Crippen LogP contribution in [0.15, 0.2) is 18.2 Å². The van der Waals surface area contributed by atoms with E-state index in [-0.39, 0.29) is 23.8 Å². The summed E-state index contributed by atoms with van der Waals surface area (Å²) < 4.78 is 0. The van der Waals surface area contributed by atoms with Gasteiger partial charge in [0.25, 0.3) is 5.69 Å². The Bertz CT molecular complexity index is 778. The molecular formula is C23H39N5O6. The second-order valence-electron chi connectivity index (χ2n) is 9.27. The number of nitro benzene ring substituents is 1. The normalized spacial score (nSPS) is 26.5. The summed E-state index contributed by atoms with van der Waals surface area (Å²) in [6.45, 7) is 5.66. The number of aliphatic hydroxyl groups excluding tert-OH is 4. The number of likely N-dealkylation sites (tertiary alicyclic amines) is 1. The molecule has 192 valence electrons. The molecule has 0 aliphatic carbocycles. The fraction of sp³-hybridized carbons (Fsp3) is 0.739. The van der Waals surface area contributed by atoms with Crippen molar-refractivity contribution in [3.8, 4) is 0 Å². The van der Waals surface area contributed by atoms with E-state index in [1.807, 2.05) is 11.0 Å². The van der Waals surface area contributed by atoms with Gasteiger partial charge >= 0.3 is 0 Å². The first kappa shape index (κ1) is 26.7. The number of piperazine rings is 1. The monoisotopic (exact) mass is 481 g/mol. The highest BCUT2D eigenvalue weighted by Gasteiger charge is 2.40. The molecule has 2 aliphatic heterocycles. The first-order valence-corrected chi connectivity index (χ1v) is 12.2. The van der Waals surface area contributed by atoms with Gasteiger partial charge in [0, 0.05) is 51.9 Å². The first-order valence-electron chi connectivity index (χ1n) is 12.2. The van der Waals surface area contributed by atoms with Crippen LogP contribution >= 0.6 is 0 Å². The van der Waals surface area contributed by atoms with Crippen molar-refractivity contribution in [2.45, 2.75) is 56.6 Å². The number of aliphatic hydroxyl groups is 4. The number of piperidine rings is 1. The molecule has 0 spiro atoms. The van der Waals surface area contributed by atoms with E-state index in [1.54, 1.807) is 12.1 Å². The molecule has 34 heavy (non-hydrogen) atoms.